The summed E-state index contributed by atoms with van der Waals surface area (Å²) >= 11 is 0. The number of ether oxygens (including phenoxy) is 2. The summed E-state index contributed by atoms with van der Waals surface area (Å²) in [6.45, 7) is 8.81. The number of benzene rings is 1. The zero-order chi connectivity index (χ0) is 18.9. The maximum Gasteiger partial charge on any atom is 0.131 e. The molecule has 5 heteroatoms. The Bertz CT molecular complexity index is 775. The van der Waals surface area contributed by atoms with E-state index in [9.17, 15) is 0 Å². The second kappa shape index (κ2) is 9.61. The Morgan fingerprint density at radius 3 is 2.58 bits per heavy atom. The van der Waals surface area contributed by atoms with Crippen LogP contribution in [0.4, 0.5) is 0 Å². The number of aryl methyl sites for hydroxylation is 2. The first-order chi connectivity index (χ1) is 12.6. The fourth-order valence-electron chi connectivity index (χ4n) is 2.67. The topological polar surface area (TPSA) is 52.9 Å². The molecule has 0 spiro atoms. The van der Waals surface area contributed by atoms with Crippen molar-refractivity contribution < 1.29 is 14.3 Å². The second-order valence-electron chi connectivity index (χ2n) is 5.91. The van der Waals surface area contributed by atoms with Gasteiger partial charge in [0.2, 0.25) is 0 Å². The van der Waals surface area contributed by atoms with E-state index in [0.29, 0.717) is 13.2 Å². The lowest BCUT2D eigenvalue weighted by atomic mass is 10.1. The van der Waals surface area contributed by atoms with Crippen LogP contribution in [0.3, 0.4) is 0 Å². The van der Waals surface area contributed by atoms with Crippen molar-refractivity contribution in [1.82, 2.24) is 4.98 Å². The van der Waals surface area contributed by atoms with Crippen molar-refractivity contribution in [3.8, 4) is 11.5 Å². The smallest absolute Gasteiger partial charge is 0.131 e. The molecule has 26 heavy (non-hydrogen) atoms. The second-order valence-corrected chi connectivity index (χ2v) is 5.91. The van der Waals surface area contributed by atoms with E-state index in [1.54, 1.807) is 6.20 Å². The number of oxime groups is 1. The summed E-state index contributed by atoms with van der Waals surface area (Å²) in [5.41, 5.74) is 4.55. The molecule has 0 radical (unpaired) electrons. The fourth-order valence-corrected chi connectivity index (χ4v) is 2.67. The minimum Gasteiger partial charge on any atom is -0.490 e. The molecule has 0 saturated carbocycles. The lowest BCUT2D eigenvalue weighted by Gasteiger charge is -2.15. The van der Waals surface area contributed by atoms with E-state index in [4.69, 9.17) is 14.3 Å². The molecule has 0 atom stereocenters. The first kappa shape index (κ1) is 19.5. The minimum atomic E-state index is 0.354. The normalized spacial score (nSPS) is 11.7. The highest BCUT2D eigenvalue weighted by molar-refractivity contribution is 5.99. The third kappa shape index (κ3) is 5.09. The molecule has 1 aromatic carbocycles. The van der Waals surface area contributed by atoms with E-state index in [1.165, 1.54) is 7.11 Å². The van der Waals surface area contributed by atoms with Crippen LogP contribution in [0.2, 0.25) is 0 Å². The summed E-state index contributed by atoms with van der Waals surface area (Å²) in [5, 5.41) is 3.99. The highest BCUT2D eigenvalue weighted by Gasteiger charge is 2.11. The van der Waals surface area contributed by atoms with Crippen molar-refractivity contribution in [1.29, 1.82) is 0 Å². The summed E-state index contributed by atoms with van der Waals surface area (Å²) in [6, 6.07) is 7.81. The van der Waals surface area contributed by atoms with E-state index in [0.717, 1.165) is 39.6 Å². The predicted molar refractivity (Wildman–Crippen MR) is 104 cm³/mol. The number of hydrogen-bond acceptors (Lipinski definition) is 5. The van der Waals surface area contributed by atoms with Gasteiger partial charge in [-0.05, 0) is 63.1 Å². The number of nitrogens with zero attached hydrogens (tertiary/aromatic N) is 2. The van der Waals surface area contributed by atoms with Crippen LogP contribution in [0.25, 0.3) is 0 Å². The molecule has 5 nitrogen and oxygen atoms in total. The summed E-state index contributed by atoms with van der Waals surface area (Å²) in [6.07, 6.45) is 5.69. The van der Waals surface area contributed by atoms with Crippen molar-refractivity contribution in [3.63, 3.8) is 0 Å². The predicted octanol–water partition coefficient (Wildman–Crippen LogP) is 4.60. The third-order valence-electron chi connectivity index (χ3n) is 3.88. The highest BCUT2D eigenvalue weighted by Crippen LogP contribution is 2.29. The largest absolute Gasteiger partial charge is 0.490 e. The number of hydrogen-bond donors (Lipinski definition) is 0. The van der Waals surface area contributed by atoms with Gasteiger partial charge < -0.3 is 14.3 Å². The quantitative estimate of drug-likeness (QED) is 0.395. The molecule has 0 aliphatic carbocycles. The minimum absolute atomic E-state index is 0.354. The first-order valence-electron chi connectivity index (χ1n) is 8.56. The molecule has 138 valence electrons. The molecule has 0 saturated heterocycles. The number of pyridine rings is 1. The lowest BCUT2D eigenvalue weighted by molar-refractivity contribution is 0.213. The van der Waals surface area contributed by atoms with E-state index in [2.05, 4.69) is 10.1 Å². The Kier molecular flexibility index (Phi) is 7.21. The van der Waals surface area contributed by atoms with Crippen LogP contribution >= 0.6 is 0 Å². The third-order valence-corrected chi connectivity index (χ3v) is 3.88. The molecular weight excluding hydrogens is 328 g/mol. The van der Waals surface area contributed by atoms with Gasteiger partial charge in [0.25, 0.3) is 0 Å². The van der Waals surface area contributed by atoms with Gasteiger partial charge in [-0.2, -0.15) is 0 Å². The van der Waals surface area contributed by atoms with E-state index < -0.39 is 0 Å². The summed E-state index contributed by atoms with van der Waals surface area (Å²) in [4.78, 5) is 9.30. The molecule has 0 unspecified atom stereocenters. The van der Waals surface area contributed by atoms with Crippen molar-refractivity contribution in [2.45, 2.75) is 34.3 Å². The first-order valence-corrected chi connectivity index (χ1v) is 8.56. The SMILES string of the molecule is C/C=C/COc1cc(C)c(OCc2ncccc2C(C)=NOC)c(C)c1. The Balaban J connectivity index is 2.16. The zero-order valence-electron chi connectivity index (χ0n) is 16.1. The molecule has 2 aromatic rings. The summed E-state index contributed by atoms with van der Waals surface area (Å²) < 4.78 is 11.8. The van der Waals surface area contributed by atoms with E-state index in [1.807, 2.05) is 64.1 Å². The van der Waals surface area contributed by atoms with Crippen LogP contribution in [0.5, 0.6) is 11.5 Å². The van der Waals surface area contributed by atoms with Gasteiger partial charge in [0.15, 0.2) is 0 Å². The van der Waals surface area contributed by atoms with Crippen LogP contribution in [0.15, 0.2) is 47.8 Å². The highest BCUT2D eigenvalue weighted by atomic mass is 16.6. The maximum atomic E-state index is 6.08. The molecule has 1 aromatic heterocycles. The molecule has 2 rings (SSSR count). The number of allylic oxidation sites excluding steroid dienone is 1. The Labute approximate surface area is 155 Å². The van der Waals surface area contributed by atoms with Gasteiger partial charge in [-0.3, -0.25) is 4.98 Å². The summed E-state index contributed by atoms with van der Waals surface area (Å²) in [5.74, 6) is 1.69. The average Bonchev–Trinajstić information content (AvgIpc) is 2.62. The van der Waals surface area contributed by atoms with Gasteiger partial charge in [0.1, 0.15) is 31.8 Å². The van der Waals surface area contributed by atoms with Crippen LogP contribution < -0.4 is 9.47 Å². The number of rotatable bonds is 8. The zero-order valence-corrected chi connectivity index (χ0v) is 16.1. The molecule has 1 heterocycles. The van der Waals surface area contributed by atoms with Gasteiger partial charge in [-0.1, -0.05) is 17.3 Å². The summed E-state index contributed by atoms with van der Waals surface area (Å²) in [7, 11) is 1.53. The van der Waals surface area contributed by atoms with E-state index >= 15 is 0 Å². The van der Waals surface area contributed by atoms with Gasteiger partial charge in [0, 0.05) is 11.8 Å². The van der Waals surface area contributed by atoms with Crippen LogP contribution in [0, 0.1) is 13.8 Å². The van der Waals surface area contributed by atoms with Crippen LogP contribution in [-0.2, 0) is 11.4 Å². The van der Waals surface area contributed by atoms with E-state index in [-0.39, 0.29) is 0 Å². The van der Waals surface area contributed by atoms with Gasteiger partial charge in [-0.25, -0.2) is 0 Å². The van der Waals surface area contributed by atoms with Gasteiger partial charge >= 0.3 is 0 Å². The Hall–Kier alpha value is -2.82. The van der Waals surface area contributed by atoms with Gasteiger partial charge in [0.05, 0.1) is 11.4 Å². The van der Waals surface area contributed by atoms with Crippen molar-refractivity contribution >= 4 is 5.71 Å². The molecule has 0 aliphatic rings. The molecule has 0 bridgehead atoms. The Morgan fingerprint density at radius 2 is 1.92 bits per heavy atom. The van der Waals surface area contributed by atoms with Crippen molar-refractivity contribution in [2.24, 2.45) is 5.16 Å². The van der Waals surface area contributed by atoms with Crippen molar-refractivity contribution in [3.05, 3.63) is 65.0 Å². The lowest BCUT2D eigenvalue weighted by Crippen LogP contribution is -2.08. The Morgan fingerprint density at radius 1 is 1.19 bits per heavy atom. The molecular formula is C21H26N2O3. The van der Waals surface area contributed by atoms with Crippen LogP contribution in [0.1, 0.15) is 36.2 Å². The fraction of sp³-hybridized carbons (Fsp3) is 0.333. The molecule has 0 N–H and O–H groups in total. The van der Waals surface area contributed by atoms with Gasteiger partial charge in [-0.15, -0.1) is 0 Å². The maximum absolute atomic E-state index is 6.08. The monoisotopic (exact) mass is 354 g/mol. The average molecular weight is 354 g/mol. The molecule has 0 amide bonds. The van der Waals surface area contributed by atoms with Crippen molar-refractivity contribution in [2.75, 3.05) is 13.7 Å². The standard InChI is InChI=1S/C21H26N2O3/c1-6-7-11-25-18-12-15(2)21(16(3)13-18)26-14-20-19(9-8-10-22-20)17(4)23-24-5/h6-10,12-13H,11,14H2,1-5H3/b7-6+,23-17?. The van der Waals surface area contributed by atoms with Crippen LogP contribution in [-0.4, -0.2) is 24.4 Å². The molecule has 0 fully saturated rings. The number of aromatic nitrogens is 1. The molecule has 0 aliphatic heterocycles.